The number of fused-ring (bicyclic) bond motifs is 2. The van der Waals surface area contributed by atoms with E-state index in [2.05, 4.69) is 30.6 Å². The number of carbonyl (C=O) groups is 1. The number of hydrogen-bond donors (Lipinski definition) is 2. The van der Waals surface area contributed by atoms with E-state index in [9.17, 15) is 9.18 Å². The van der Waals surface area contributed by atoms with Gasteiger partial charge in [-0.3, -0.25) is 14.1 Å². The fourth-order valence-electron chi connectivity index (χ4n) is 4.95. The van der Waals surface area contributed by atoms with Crippen molar-refractivity contribution in [3.8, 4) is 17.0 Å². The highest BCUT2D eigenvalue weighted by Crippen LogP contribution is 2.34. The van der Waals surface area contributed by atoms with E-state index >= 15 is 4.39 Å². The summed E-state index contributed by atoms with van der Waals surface area (Å²) in [4.78, 5) is 23.0. The predicted octanol–water partition coefficient (Wildman–Crippen LogP) is 1.77. The van der Waals surface area contributed by atoms with Crippen LogP contribution in [0.25, 0.3) is 22.3 Å². The van der Waals surface area contributed by atoms with Gasteiger partial charge < -0.3 is 20.1 Å². The van der Waals surface area contributed by atoms with Gasteiger partial charge in [-0.15, -0.1) is 5.10 Å². The number of imidazole rings is 1. The van der Waals surface area contributed by atoms with E-state index < -0.39 is 18.0 Å². The van der Waals surface area contributed by atoms with Crippen LogP contribution in [0.4, 0.5) is 14.7 Å². The highest BCUT2D eigenvalue weighted by atomic mass is 19.1. The molecule has 0 bridgehead atoms. The van der Waals surface area contributed by atoms with E-state index in [0.29, 0.717) is 48.6 Å². The first-order chi connectivity index (χ1) is 18.0. The summed E-state index contributed by atoms with van der Waals surface area (Å²) in [5.74, 6) is -0.592. The van der Waals surface area contributed by atoms with Crippen molar-refractivity contribution in [3.63, 3.8) is 0 Å². The fourth-order valence-corrected chi connectivity index (χ4v) is 4.95. The number of pyridine rings is 1. The van der Waals surface area contributed by atoms with Crippen molar-refractivity contribution >= 4 is 23.0 Å². The number of anilines is 1. The molecule has 13 heteroatoms. The summed E-state index contributed by atoms with van der Waals surface area (Å²) < 4.78 is 44.0. The number of aromatic nitrogens is 5. The third kappa shape index (κ3) is 4.03. The van der Waals surface area contributed by atoms with Gasteiger partial charge in [-0.1, -0.05) is 0 Å². The lowest BCUT2D eigenvalue weighted by atomic mass is 10.0. The van der Waals surface area contributed by atoms with Crippen molar-refractivity contribution in [1.82, 2.24) is 34.2 Å². The summed E-state index contributed by atoms with van der Waals surface area (Å²) in [6.07, 6.45) is 3.77. The van der Waals surface area contributed by atoms with E-state index in [1.165, 1.54) is 31.1 Å². The molecular formula is C24H26F2N8O3. The van der Waals surface area contributed by atoms with Crippen LogP contribution in [0.15, 0.2) is 30.7 Å². The van der Waals surface area contributed by atoms with Crippen molar-refractivity contribution in [3.05, 3.63) is 42.2 Å². The molecule has 2 aliphatic rings. The quantitative estimate of drug-likeness (QED) is 0.402. The Kier molecular flexibility index (Phi) is 5.88. The number of halogens is 2. The molecule has 0 radical (unpaired) electrons. The number of amides is 1. The molecule has 6 heterocycles. The second kappa shape index (κ2) is 9.23. The molecule has 0 aliphatic carbocycles. The topological polar surface area (TPSA) is 110 Å². The lowest BCUT2D eigenvalue weighted by Gasteiger charge is -2.42. The van der Waals surface area contributed by atoms with Crippen LogP contribution in [0.5, 0.6) is 5.88 Å². The molecule has 4 aromatic rings. The molecular weight excluding hydrogens is 486 g/mol. The van der Waals surface area contributed by atoms with E-state index in [4.69, 9.17) is 9.47 Å². The Morgan fingerprint density at radius 3 is 2.81 bits per heavy atom. The van der Waals surface area contributed by atoms with Crippen LogP contribution in [0.3, 0.4) is 0 Å². The number of rotatable bonds is 6. The van der Waals surface area contributed by atoms with E-state index in [-0.39, 0.29) is 29.3 Å². The number of alkyl halides is 1. The third-order valence-electron chi connectivity index (χ3n) is 7.02. The van der Waals surface area contributed by atoms with Crippen LogP contribution < -0.4 is 15.4 Å². The van der Waals surface area contributed by atoms with Crippen molar-refractivity contribution in [2.75, 3.05) is 45.8 Å². The molecule has 0 saturated carbocycles. The second-order valence-corrected chi connectivity index (χ2v) is 9.20. The third-order valence-corrected chi connectivity index (χ3v) is 7.02. The first kappa shape index (κ1) is 23.6. The second-order valence-electron chi connectivity index (χ2n) is 9.20. The predicted molar refractivity (Wildman–Crippen MR) is 130 cm³/mol. The van der Waals surface area contributed by atoms with Crippen LogP contribution in [-0.2, 0) is 4.74 Å². The maximum Gasteiger partial charge on any atom is 0.269 e. The van der Waals surface area contributed by atoms with Gasteiger partial charge in [0.1, 0.15) is 23.0 Å². The maximum absolute atomic E-state index is 15.3. The zero-order valence-corrected chi connectivity index (χ0v) is 20.3. The zero-order valence-electron chi connectivity index (χ0n) is 20.3. The average Bonchev–Trinajstić information content (AvgIpc) is 3.43. The van der Waals surface area contributed by atoms with Crippen molar-refractivity contribution < 1.29 is 23.0 Å². The summed E-state index contributed by atoms with van der Waals surface area (Å²) in [6, 6.07) is 3.19. The van der Waals surface area contributed by atoms with Crippen molar-refractivity contribution in [2.45, 2.75) is 24.7 Å². The minimum Gasteiger partial charge on any atom is -0.479 e. The minimum atomic E-state index is -1.12. The Hall–Kier alpha value is -3.84. The summed E-state index contributed by atoms with van der Waals surface area (Å²) >= 11 is 0. The number of likely N-dealkylation sites (tertiary alicyclic amines) is 1. The molecule has 2 aliphatic heterocycles. The number of ether oxygens (including phenoxy) is 2. The molecule has 11 nitrogen and oxygen atoms in total. The van der Waals surface area contributed by atoms with Crippen molar-refractivity contribution in [1.29, 1.82) is 0 Å². The lowest BCUT2D eigenvalue weighted by molar-refractivity contribution is -0.0794. The zero-order chi connectivity index (χ0) is 25.7. The monoisotopic (exact) mass is 512 g/mol. The maximum atomic E-state index is 15.3. The molecule has 6 rings (SSSR count). The molecule has 2 atom stereocenters. The Morgan fingerprint density at radius 1 is 1.27 bits per heavy atom. The Bertz CT molecular complexity index is 1480. The molecule has 2 N–H and O–H groups in total. The van der Waals surface area contributed by atoms with Crippen molar-refractivity contribution in [2.24, 2.45) is 0 Å². The SMILES string of the molecule is CNC(=O)c1cnc2ccc(-c3c(F)cn4nc(N[C@@H]5CCN(C6COC6)C[C@@H]5F)nc(OC)c34)cn12. The van der Waals surface area contributed by atoms with E-state index in [0.717, 1.165) is 6.54 Å². The summed E-state index contributed by atoms with van der Waals surface area (Å²) in [6.45, 7) is 2.33. The lowest BCUT2D eigenvalue weighted by Crippen LogP contribution is -2.57. The number of nitrogens with one attached hydrogen (secondary N) is 2. The van der Waals surface area contributed by atoms with Gasteiger partial charge >= 0.3 is 0 Å². The summed E-state index contributed by atoms with van der Waals surface area (Å²) in [5, 5.41) is 10.0. The van der Waals surface area contributed by atoms with E-state index in [1.807, 2.05) is 0 Å². The molecule has 0 unspecified atom stereocenters. The number of methoxy groups -OCH3 is 1. The largest absolute Gasteiger partial charge is 0.479 e. The van der Waals surface area contributed by atoms with Gasteiger partial charge in [-0.2, -0.15) is 4.98 Å². The molecule has 4 aromatic heterocycles. The summed E-state index contributed by atoms with van der Waals surface area (Å²) in [7, 11) is 2.96. The Balaban J connectivity index is 1.33. The molecule has 194 valence electrons. The standard InChI is InChI=1S/C24H26F2N8O3/c1-27-22(35)18-7-28-19-4-3-13(8-33(18)19)20-16(26)10-34-21(20)23(36-2)30-24(31-34)29-17-5-6-32(9-15(17)25)14-11-37-12-14/h3-4,7-8,10,14-15,17H,5-6,9,11-12H2,1-2H3,(H,27,35)(H,29,31)/t15-,17+/m0/s1. The van der Waals surface area contributed by atoms with Gasteiger partial charge in [0, 0.05) is 31.9 Å². The fraction of sp³-hybridized carbons (Fsp3) is 0.417. The van der Waals surface area contributed by atoms with Gasteiger partial charge in [-0.05, 0) is 18.6 Å². The molecule has 0 spiro atoms. The first-order valence-electron chi connectivity index (χ1n) is 12.0. The first-order valence-corrected chi connectivity index (χ1v) is 12.0. The van der Waals surface area contributed by atoms with Gasteiger partial charge in [0.15, 0.2) is 5.82 Å². The number of hydrogen-bond acceptors (Lipinski definition) is 8. The molecule has 2 saturated heterocycles. The van der Waals surface area contributed by atoms with Gasteiger partial charge in [0.2, 0.25) is 11.8 Å². The van der Waals surface area contributed by atoms with Crippen LogP contribution in [-0.4, -0.2) is 93.5 Å². The van der Waals surface area contributed by atoms with Crippen LogP contribution in [0.1, 0.15) is 16.9 Å². The van der Waals surface area contributed by atoms with Gasteiger partial charge in [-0.25, -0.2) is 18.3 Å². The summed E-state index contributed by atoms with van der Waals surface area (Å²) in [5.41, 5.74) is 1.85. The van der Waals surface area contributed by atoms with Crippen LogP contribution in [0, 0.1) is 5.82 Å². The van der Waals surface area contributed by atoms with Crippen LogP contribution in [0.2, 0.25) is 0 Å². The normalized spacial score (nSPS) is 20.8. The number of piperidine rings is 1. The molecule has 2 fully saturated rings. The minimum absolute atomic E-state index is 0.133. The number of nitrogens with zero attached hydrogens (tertiary/aromatic N) is 6. The molecule has 37 heavy (non-hydrogen) atoms. The van der Waals surface area contributed by atoms with Gasteiger partial charge in [0.25, 0.3) is 5.91 Å². The molecule has 0 aromatic carbocycles. The highest BCUT2D eigenvalue weighted by Gasteiger charge is 2.36. The number of carbonyl (C=O) groups excluding carboxylic acids is 1. The average molecular weight is 513 g/mol. The Morgan fingerprint density at radius 2 is 2.11 bits per heavy atom. The van der Waals surface area contributed by atoms with E-state index in [1.54, 1.807) is 22.7 Å². The highest BCUT2D eigenvalue weighted by molar-refractivity contribution is 5.93. The van der Waals surface area contributed by atoms with Gasteiger partial charge in [0.05, 0.1) is 50.4 Å². The van der Waals surface area contributed by atoms with Crippen LogP contribution >= 0.6 is 0 Å². The smallest absolute Gasteiger partial charge is 0.269 e. The Labute approximate surface area is 210 Å². The molecule has 1 amide bonds.